The Morgan fingerprint density at radius 3 is 1.47 bits per heavy atom. The zero-order chi connectivity index (χ0) is 25.1. The SMILES string of the molecule is NCCNC(=O)c1ccc2nc(-c3ccc(-c4nc5ccc(C(=O)NCCN)cc5[nH]4)cc3)[nH]c2c1. The fraction of sp³-hybridized carbons (Fsp3) is 0.154. The molecule has 182 valence electrons. The van der Waals surface area contributed by atoms with E-state index in [0.717, 1.165) is 33.2 Å². The Hall–Kier alpha value is -4.54. The second-order valence-corrected chi connectivity index (χ2v) is 8.30. The maximum Gasteiger partial charge on any atom is 0.251 e. The molecule has 2 heterocycles. The van der Waals surface area contributed by atoms with Crippen LogP contribution in [-0.2, 0) is 0 Å². The van der Waals surface area contributed by atoms with Crippen LogP contribution in [0.2, 0.25) is 0 Å². The quantitative estimate of drug-likeness (QED) is 0.198. The number of aromatic amines is 2. The fourth-order valence-electron chi connectivity index (χ4n) is 3.94. The van der Waals surface area contributed by atoms with Crippen LogP contribution in [0.3, 0.4) is 0 Å². The number of carbonyl (C=O) groups excluding carboxylic acids is 2. The first-order chi connectivity index (χ1) is 17.6. The fourth-order valence-corrected chi connectivity index (χ4v) is 3.94. The number of fused-ring (bicyclic) bond motifs is 2. The lowest BCUT2D eigenvalue weighted by atomic mass is 10.1. The van der Waals surface area contributed by atoms with E-state index in [1.807, 2.05) is 36.4 Å². The molecule has 0 aliphatic rings. The lowest BCUT2D eigenvalue weighted by Crippen LogP contribution is -2.28. The summed E-state index contributed by atoms with van der Waals surface area (Å²) in [6.07, 6.45) is 0. The Morgan fingerprint density at radius 1 is 0.667 bits per heavy atom. The highest BCUT2D eigenvalue weighted by molar-refractivity contribution is 5.98. The van der Waals surface area contributed by atoms with E-state index in [1.165, 1.54) is 0 Å². The van der Waals surface area contributed by atoms with Crippen molar-refractivity contribution in [2.75, 3.05) is 26.2 Å². The summed E-state index contributed by atoms with van der Waals surface area (Å²) < 4.78 is 0. The summed E-state index contributed by atoms with van der Waals surface area (Å²) in [6.45, 7) is 1.63. The summed E-state index contributed by atoms with van der Waals surface area (Å²) in [6, 6.07) is 18.5. The van der Waals surface area contributed by atoms with Crippen LogP contribution in [-0.4, -0.2) is 57.9 Å². The molecule has 3 aromatic carbocycles. The van der Waals surface area contributed by atoms with Gasteiger partial charge < -0.3 is 32.1 Å². The Labute approximate surface area is 206 Å². The summed E-state index contributed by atoms with van der Waals surface area (Å²) in [5, 5.41) is 5.54. The molecule has 0 radical (unpaired) electrons. The van der Waals surface area contributed by atoms with Crippen LogP contribution in [0.25, 0.3) is 44.8 Å². The number of hydrogen-bond donors (Lipinski definition) is 6. The standard InChI is InChI=1S/C26H26N8O2/c27-9-11-29-25(35)17-5-7-19-21(13-17)33-23(31-19)15-1-2-16(4-3-15)24-32-20-8-6-18(14-22(20)34-24)26(36)30-12-10-28/h1-8,13-14H,9-12,27-28H2,(H,29,35)(H,30,36)(H,31,33)(H,32,34). The molecular weight excluding hydrogens is 456 g/mol. The van der Waals surface area contributed by atoms with E-state index >= 15 is 0 Å². The van der Waals surface area contributed by atoms with E-state index in [0.29, 0.717) is 49.0 Å². The van der Waals surface area contributed by atoms with Gasteiger partial charge >= 0.3 is 0 Å². The van der Waals surface area contributed by atoms with Gasteiger partial charge in [-0.3, -0.25) is 9.59 Å². The number of nitrogens with two attached hydrogens (primary N) is 2. The number of aromatic nitrogens is 4. The normalized spacial score (nSPS) is 11.2. The molecule has 10 heteroatoms. The van der Waals surface area contributed by atoms with Gasteiger partial charge in [-0.2, -0.15) is 0 Å². The molecule has 2 aromatic heterocycles. The van der Waals surface area contributed by atoms with Gasteiger partial charge in [0.2, 0.25) is 0 Å². The Kier molecular flexibility index (Phi) is 6.44. The molecule has 10 nitrogen and oxygen atoms in total. The number of amides is 2. The molecule has 0 saturated carbocycles. The minimum Gasteiger partial charge on any atom is -0.351 e. The van der Waals surface area contributed by atoms with E-state index < -0.39 is 0 Å². The van der Waals surface area contributed by atoms with E-state index in [2.05, 4.69) is 30.6 Å². The second-order valence-electron chi connectivity index (χ2n) is 8.30. The topological polar surface area (TPSA) is 168 Å². The Morgan fingerprint density at radius 2 is 1.08 bits per heavy atom. The molecule has 5 rings (SSSR count). The molecule has 0 aliphatic carbocycles. The van der Waals surface area contributed by atoms with Gasteiger partial charge in [-0.25, -0.2) is 9.97 Å². The number of nitrogens with zero attached hydrogens (tertiary/aromatic N) is 2. The van der Waals surface area contributed by atoms with Crippen molar-refractivity contribution in [2.45, 2.75) is 0 Å². The number of hydrogen-bond acceptors (Lipinski definition) is 6. The van der Waals surface area contributed by atoms with Crippen molar-refractivity contribution in [3.63, 3.8) is 0 Å². The highest BCUT2D eigenvalue weighted by atomic mass is 16.2. The van der Waals surface area contributed by atoms with Crippen LogP contribution >= 0.6 is 0 Å². The molecule has 0 atom stereocenters. The summed E-state index contributed by atoms with van der Waals surface area (Å²) in [5.74, 6) is 1.07. The van der Waals surface area contributed by atoms with Gasteiger partial charge in [0.15, 0.2) is 0 Å². The summed E-state index contributed by atoms with van der Waals surface area (Å²) in [4.78, 5) is 40.3. The Bertz CT molecular complexity index is 1430. The average molecular weight is 483 g/mol. The van der Waals surface area contributed by atoms with Crippen molar-refractivity contribution in [3.8, 4) is 22.8 Å². The largest absolute Gasteiger partial charge is 0.351 e. The van der Waals surface area contributed by atoms with E-state index in [9.17, 15) is 9.59 Å². The van der Waals surface area contributed by atoms with E-state index in [4.69, 9.17) is 11.5 Å². The first-order valence-corrected chi connectivity index (χ1v) is 11.6. The Balaban J connectivity index is 1.37. The summed E-state index contributed by atoms with van der Waals surface area (Å²) in [7, 11) is 0. The minimum atomic E-state index is -0.169. The lowest BCUT2D eigenvalue weighted by molar-refractivity contribution is 0.0946. The van der Waals surface area contributed by atoms with Gasteiger partial charge in [-0.1, -0.05) is 24.3 Å². The first-order valence-electron chi connectivity index (χ1n) is 11.6. The van der Waals surface area contributed by atoms with Gasteiger partial charge in [0, 0.05) is 48.4 Å². The maximum absolute atomic E-state index is 12.2. The predicted octanol–water partition coefficient (Wildman–Crippen LogP) is 2.15. The van der Waals surface area contributed by atoms with Gasteiger partial charge in [0.25, 0.3) is 11.8 Å². The second kappa shape index (κ2) is 9.98. The zero-order valence-electron chi connectivity index (χ0n) is 19.5. The van der Waals surface area contributed by atoms with E-state index in [1.54, 1.807) is 24.3 Å². The van der Waals surface area contributed by atoms with Gasteiger partial charge in [-0.15, -0.1) is 0 Å². The molecule has 0 spiro atoms. The van der Waals surface area contributed by atoms with Crippen LogP contribution < -0.4 is 22.1 Å². The number of H-pyrrole nitrogens is 2. The zero-order valence-corrected chi connectivity index (χ0v) is 19.5. The van der Waals surface area contributed by atoms with Crippen molar-refractivity contribution >= 4 is 33.9 Å². The van der Waals surface area contributed by atoms with Crippen molar-refractivity contribution in [2.24, 2.45) is 11.5 Å². The van der Waals surface area contributed by atoms with Crippen molar-refractivity contribution in [3.05, 3.63) is 71.8 Å². The van der Waals surface area contributed by atoms with Gasteiger partial charge in [-0.05, 0) is 36.4 Å². The number of imidazole rings is 2. The molecule has 5 aromatic rings. The molecule has 0 saturated heterocycles. The van der Waals surface area contributed by atoms with Crippen LogP contribution in [0.15, 0.2) is 60.7 Å². The van der Waals surface area contributed by atoms with Crippen molar-refractivity contribution < 1.29 is 9.59 Å². The molecule has 0 unspecified atom stereocenters. The number of rotatable bonds is 8. The lowest BCUT2D eigenvalue weighted by Gasteiger charge is -2.02. The highest BCUT2D eigenvalue weighted by Gasteiger charge is 2.12. The van der Waals surface area contributed by atoms with Crippen LogP contribution in [0, 0.1) is 0 Å². The maximum atomic E-state index is 12.2. The summed E-state index contributed by atoms with van der Waals surface area (Å²) >= 11 is 0. The molecule has 36 heavy (non-hydrogen) atoms. The van der Waals surface area contributed by atoms with Crippen molar-refractivity contribution in [1.29, 1.82) is 0 Å². The smallest absolute Gasteiger partial charge is 0.251 e. The van der Waals surface area contributed by atoms with E-state index in [-0.39, 0.29) is 11.8 Å². The third-order valence-corrected chi connectivity index (χ3v) is 5.78. The first kappa shape index (κ1) is 23.2. The summed E-state index contributed by atoms with van der Waals surface area (Å²) in [5.41, 5.74) is 16.9. The predicted molar refractivity (Wildman–Crippen MR) is 139 cm³/mol. The van der Waals surface area contributed by atoms with Crippen LogP contribution in [0.4, 0.5) is 0 Å². The molecule has 0 bridgehead atoms. The van der Waals surface area contributed by atoms with Gasteiger partial charge in [0.05, 0.1) is 22.1 Å². The third-order valence-electron chi connectivity index (χ3n) is 5.78. The molecular formula is C26H26N8O2. The molecule has 2 amide bonds. The molecule has 0 fully saturated rings. The average Bonchev–Trinajstić information content (AvgIpc) is 3.53. The van der Waals surface area contributed by atoms with Crippen LogP contribution in [0.5, 0.6) is 0 Å². The number of nitrogens with one attached hydrogen (secondary N) is 4. The molecule has 8 N–H and O–H groups in total. The number of benzene rings is 3. The monoisotopic (exact) mass is 482 g/mol. The molecule has 0 aliphatic heterocycles. The number of carbonyl (C=O) groups is 2. The van der Waals surface area contributed by atoms with Crippen molar-refractivity contribution in [1.82, 2.24) is 30.6 Å². The van der Waals surface area contributed by atoms with Gasteiger partial charge in [0.1, 0.15) is 11.6 Å². The third kappa shape index (κ3) is 4.67. The van der Waals surface area contributed by atoms with Crippen LogP contribution in [0.1, 0.15) is 20.7 Å². The minimum absolute atomic E-state index is 0.169. The highest BCUT2D eigenvalue weighted by Crippen LogP contribution is 2.26.